The molecule has 0 aliphatic carbocycles. The maximum Gasteiger partial charge on any atom is 0.491 e. The van der Waals surface area contributed by atoms with E-state index in [1.165, 1.54) is 6.07 Å². The lowest BCUT2D eigenvalue weighted by Crippen LogP contribution is -2.41. The van der Waals surface area contributed by atoms with E-state index in [2.05, 4.69) is 28.6 Å². The van der Waals surface area contributed by atoms with Crippen molar-refractivity contribution in [3.05, 3.63) is 39.3 Å². The summed E-state index contributed by atoms with van der Waals surface area (Å²) in [4.78, 5) is 0. The third-order valence-corrected chi connectivity index (χ3v) is 5.44. The number of rotatable bonds is 3. The van der Waals surface area contributed by atoms with Crippen molar-refractivity contribution >= 4 is 41.8 Å². The fraction of sp³-hybridized carbons (Fsp3) is 0.500. The molecule has 0 amide bonds. The summed E-state index contributed by atoms with van der Waals surface area (Å²) in [6.07, 6.45) is -2.79. The smallest absolute Gasteiger partial charge is 0.400 e. The van der Waals surface area contributed by atoms with Crippen molar-refractivity contribution in [2.75, 3.05) is 5.75 Å². The van der Waals surface area contributed by atoms with E-state index < -0.39 is 30.1 Å². The Kier molecular flexibility index (Phi) is 5.55. The van der Waals surface area contributed by atoms with Gasteiger partial charge in [-0.05, 0) is 50.9 Å². The summed E-state index contributed by atoms with van der Waals surface area (Å²) < 4.78 is 51.0. The SMILES string of the molecule is CC1(C)OB(C(=Cc2ccc(Br)c(C(F)(F)F)c2)CS)OC1(C)C. The van der Waals surface area contributed by atoms with Crippen molar-refractivity contribution < 1.29 is 22.5 Å². The summed E-state index contributed by atoms with van der Waals surface area (Å²) in [5, 5.41) is 0. The summed E-state index contributed by atoms with van der Waals surface area (Å²) in [7, 11) is -0.634. The summed E-state index contributed by atoms with van der Waals surface area (Å²) in [5.41, 5.74) is -0.659. The van der Waals surface area contributed by atoms with Gasteiger partial charge in [0.2, 0.25) is 0 Å². The van der Waals surface area contributed by atoms with Crippen LogP contribution in [-0.2, 0) is 15.5 Å². The zero-order chi connectivity index (χ0) is 18.3. The fourth-order valence-electron chi connectivity index (χ4n) is 2.25. The molecule has 2 nitrogen and oxygen atoms in total. The predicted molar refractivity (Wildman–Crippen MR) is 97.1 cm³/mol. The van der Waals surface area contributed by atoms with Gasteiger partial charge < -0.3 is 9.31 Å². The van der Waals surface area contributed by atoms with Gasteiger partial charge in [-0.1, -0.05) is 28.1 Å². The zero-order valence-corrected chi connectivity index (χ0v) is 16.3. The standard InChI is InChI=1S/C16H19BBrF3O2S/c1-14(2)15(3,4)23-17(22-14)11(9-24)7-10-5-6-13(18)12(8-10)16(19,20)21/h5-8,24H,9H2,1-4H3. The Bertz CT molecular complexity index is 643. The van der Waals surface area contributed by atoms with Crippen LogP contribution in [0.2, 0.25) is 0 Å². The monoisotopic (exact) mass is 422 g/mol. The zero-order valence-electron chi connectivity index (χ0n) is 13.9. The molecule has 0 saturated carbocycles. The highest BCUT2D eigenvalue weighted by molar-refractivity contribution is 9.10. The van der Waals surface area contributed by atoms with Crippen LogP contribution in [-0.4, -0.2) is 24.1 Å². The Hall–Kier alpha value is -0.435. The first kappa shape index (κ1) is 19.9. The molecule has 0 atom stereocenters. The molecule has 1 fully saturated rings. The molecule has 1 aliphatic rings. The highest BCUT2D eigenvalue weighted by Gasteiger charge is 2.52. The molecule has 8 heteroatoms. The van der Waals surface area contributed by atoms with Crippen molar-refractivity contribution in [2.45, 2.75) is 45.1 Å². The highest BCUT2D eigenvalue weighted by atomic mass is 79.9. The van der Waals surface area contributed by atoms with Crippen LogP contribution in [0.1, 0.15) is 38.8 Å². The molecule has 0 radical (unpaired) electrons. The Morgan fingerprint density at radius 1 is 1.21 bits per heavy atom. The Morgan fingerprint density at radius 2 is 1.75 bits per heavy atom. The molecule has 1 aromatic carbocycles. The molecule has 1 saturated heterocycles. The molecule has 0 aromatic heterocycles. The molecule has 0 N–H and O–H groups in total. The van der Waals surface area contributed by atoms with E-state index >= 15 is 0 Å². The fourth-order valence-corrected chi connectivity index (χ4v) is 2.96. The predicted octanol–water partition coefficient (Wildman–Crippen LogP) is 5.41. The van der Waals surface area contributed by atoms with Crippen molar-refractivity contribution in [3.63, 3.8) is 0 Å². The lowest BCUT2D eigenvalue weighted by atomic mass is 9.78. The number of halogens is 4. The van der Waals surface area contributed by atoms with E-state index in [1.54, 1.807) is 12.1 Å². The maximum atomic E-state index is 13.0. The van der Waals surface area contributed by atoms with Crippen molar-refractivity contribution in [1.82, 2.24) is 0 Å². The molecular weight excluding hydrogens is 404 g/mol. The normalized spacial score (nSPS) is 20.5. The van der Waals surface area contributed by atoms with Gasteiger partial charge in [0, 0.05) is 10.2 Å². The maximum absolute atomic E-state index is 13.0. The lowest BCUT2D eigenvalue weighted by Gasteiger charge is -2.32. The average molecular weight is 423 g/mol. The second kappa shape index (κ2) is 6.70. The van der Waals surface area contributed by atoms with Crippen LogP contribution in [0, 0.1) is 0 Å². The second-order valence-electron chi connectivity index (χ2n) is 6.70. The van der Waals surface area contributed by atoms with Gasteiger partial charge in [-0.3, -0.25) is 0 Å². The number of hydrogen-bond donors (Lipinski definition) is 1. The minimum atomic E-state index is -4.42. The van der Waals surface area contributed by atoms with Crippen molar-refractivity contribution in [3.8, 4) is 0 Å². The van der Waals surface area contributed by atoms with Crippen LogP contribution in [0.25, 0.3) is 6.08 Å². The quantitative estimate of drug-likeness (QED) is 0.518. The van der Waals surface area contributed by atoms with E-state index in [1.807, 2.05) is 27.7 Å². The second-order valence-corrected chi connectivity index (χ2v) is 7.87. The third-order valence-electron chi connectivity index (χ3n) is 4.39. The Labute approximate surface area is 154 Å². The average Bonchev–Trinajstić information content (AvgIpc) is 2.65. The first-order valence-electron chi connectivity index (χ1n) is 7.41. The first-order valence-corrected chi connectivity index (χ1v) is 8.83. The van der Waals surface area contributed by atoms with Gasteiger partial charge in [-0.15, -0.1) is 0 Å². The van der Waals surface area contributed by atoms with Crippen molar-refractivity contribution in [1.29, 1.82) is 0 Å². The molecule has 0 spiro atoms. The van der Waals surface area contributed by atoms with E-state index in [-0.39, 0.29) is 4.47 Å². The molecule has 1 heterocycles. The number of benzene rings is 1. The number of thiol groups is 1. The molecule has 24 heavy (non-hydrogen) atoms. The van der Waals surface area contributed by atoms with Gasteiger partial charge in [0.1, 0.15) is 0 Å². The Balaban J connectivity index is 2.36. The summed E-state index contributed by atoms with van der Waals surface area (Å²) in [6, 6.07) is 4.09. The third kappa shape index (κ3) is 4.03. The summed E-state index contributed by atoms with van der Waals surface area (Å²) in [5.74, 6) is 0.314. The van der Waals surface area contributed by atoms with Gasteiger partial charge in [0.25, 0.3) is 0 Å². The largest absolute Gasteiger partial charge is 0.491 e. The molecule has 1 aliphatic heterocycles. The number of alkyl halides is 3. The minimum absolute atomic E-state index is 0.00945. The van der Waals surface area contributed by atoms with Gasteiger partial charge in [0.15, 0.2) is 0 Å². The van der Waals surface area contributed by atoms with Gasteiger partial charge in [0.05, 0.1) is 16.8 Å². The van der Waals surface area contributed by atoms with Crippen LogP contribution < -0.4 is 0 Å². The topological polar surface area (TPSA) is 18.5 Å². The van der Waals surface area contributed by atoms with Crippen LogP contribution in [0.3, 0.4) is 0 Å². The van der Waals surface area contributed by atoms with Gasteiger partial charge >= 0.3 is 13.3 Å². The minimum Gasteiger partial charge on any atom is -0.400 e. The van der Waals surface area contributed by atoms with E-state index in [0.717, 1.165) is 6.07 Å². The molecule has 1 aromatic rings. The molecule has 0 bridgehead atoms. The molecule has 132 valence electrons. The van der Waals surface area contributed by atoms with Crippen LogP contribution >= 0.6 is 28.6 Å². The summed E-state index contributed by atoms with van der Waals surface area (Å²) in [6.45, 7) is 7.68. The van der Waals surface area contributed by atoms with Crippen LogP contribution in [0.5, 0.6) is 0 Å². The first-order chi connectivity index (χ1) is 10.9. The van der Waals surface area contributed by atoms with Crippen molar-refractivity contribution in [2.24, 2.45) is 0 Å². The van der Waals surface area contributed by atoms with Crippen LogP contribution in [0.4, 0.5) is 13.2 Å². The van der Waals surface area contributed by atoms with Crippen LogP contribution in [0.15, 0.2) is 28.1 Å². The van der Waals surface area contributed by atoms with E-state index in [9.17, 15) is 13.2 Å². The lowest BCUT2D eigenvalue weighted by molar-refractivity contribution is -0.138. The van der Waals surface area contributed by atoms with Gasteiger partial charge in [-0.25, -0.2) is 0 Å². The van der Waals surface area contributed by atoms with E-state index in [0.29, 0.717) is 16.8 Å². The Morgan fingerprint density at radius 3 is 2.21 bits per heavy atom. The highest BCUT2D eigenvalue weighted by Crippen LogP contribution is 2.39. The van der Waals surface area contributed by atoms with Gasteiger partial charge in [-0.2, -0.15) is 25.8 Å². The molecule has 0 unspecified atom stereocenters. The number of hydrogen-bond acceptors (Lipinski definition) is 3. The molecule has 2 rings (SSSR count). The molecular formula is C16H19BBrF3O2S. The van der Waals surface area contributed by atoms with E-state index in [4.69, 9.17) is 9.31 Å². The summed E-state index contributed by atoms with van der Waals surface area (Å²) >= 11 is 7.22.